The quantitative estimate of drug-likeness (QED) is 0.736. The first kappa shape index (κ1) is 17.5. The highest BCUT2D eigenvalue weighted by Gasteiger charge is 2.18. The van der Waals surface area contributed by atoms with E-state index < -0.39 is 0 Å². The van der Waals surface area contributed by atoms with Gasteiger partial charge in [0.1, 0.15) is 24.1 Å². The minimum Gasteiger partial charge on any atom is -0.507 e. The van der Waals surface area contributed by atoms with Gasteiger partial charge in [-0.15, -0.1) is 0 Å². The highest BCUT2D eigenvalue weighted by atomic mass is 35.5. The molecule has 2 aromatic carbocycles. The Labute approximate surface area is 151 Å². The average Bonchev–Trinajstić information content (AvgIpc) is 2.62. The third-order valence-corrected chi connectivity index (χ3v) is 4.94. The zero-order chi connectivity index (χ0) is 18.0. The molecule has 3 aromatic rings. The van der Waals surface area contributed by atoms with E-state index in [0.717, 1.165) is 13.1 Å². The standard InChI is InChI=1S/C20H20ClNO3/c1-3-22(4-2)11-15-18(23)10-9-14-19(24)16(12-25-20(14)15)13-7-5-6-8-17(13)21/h5-10,12,23H,3-4,11H2,1-2H3/p+1. The van der Waals surface area contributed by atoms with E-state index in [0.29, 0.717) is 39.2 Å². The molecule has 0 saturated carbocycles. The second kappa shape index (κ2) is 7.30. The van der Waals surface area contributed by atoms with Crippen molar-refractivity contribution in [2.75, 3.05) is 13.1 Å². The molecule has 0 fully saturated rings. The fraction of sp³-hybridized carbons (Fsp3) is 0.250. The lowest BCUT2D eigenvalue weighted by Gasteiger charge is -2.17. The van der Waals surface area contributed by atoms with E-state index in [-0.39, 0.29) is 11.2 Å². The van der Waals surface area contributed by atoms with Crippen LogP contribution in [0.15, 0.2) is 51.9 Å². The molecule has 25 heavy (non-hydrogen) atoms. The Balaban J connectivity index is 2.20. The zero-order valence-corrected chi connectivity index (χ0v) is 15.1. The first-order valence-electron chi connectivity index (χ1n) is 8.41. The molecule has 0 amide bonds. The van der Waals surface area contributed by atoms with Crippen molar-refractivity contribution < 1.29 is 14.4 Å². The molecule has 3 rings (SSSR count). The average molecular weight is 359 g/mol. The van der Waals surface area contributed by atoms with Gasteiger partial charge in [0.25, 0.3) is 0 Å². The van der Waals surface area contributed by atoms with Crippen LogP contribution in [0.25, 0.3) is 22.1 Å². The summed E-state index contributed by atoms with van der Waals surface area (Å²) in [6.07, 6.45) is 1.44. The van der Waals surface area contributed by atoms with E-state index in [9.17, 15) is 9.90 Å². The van der Waals surface area contributed by atoms with Gasteiger partial charge >= 0.3 is 0 Å². The SMILES string of the molecule is CC[NH+](CC)Cc1c(O)ccc2c(=O)c(-c3ccccc3Cl)coc12. The molecule has 0 atom stereocenters. The van der Waals surface area contributed by atoms with Crippen molar-refractivity contribution in [3.05, 3.63) is 63.5 Å². The van der Waals surface area contributed by atoms with Crippen LogP contribution in [0.1, 0.15) is 19.4 Å². The van der Waals surface area contributed by atoms with Crippen molar-refractivity contribution in [3.63, 3.8) is 0 Å². The molecular weight excluding hydrogens is 338 g/mol. The number of phenolic OH excluding ortho intramolecular Hbond substituents is 1. The number of aromatic hydroxyl groups is 1. The van der Waals surface area contributed by atoms with Crippen LogP contribution in [0.3, 0.4) is 0 Å². The summed E-state index contributed by atoms with van der Waals surface area (Å²) in [7, 11) is 0. The Hall–Kier alpha value is -2.30. The van der Waals surface area contributed by atoms with Gasteiger partial charge in [0.2, 0.25) is 5.43 Å². The summed E-state index contributed by atoms with van der Waals surface area (Å²) >= 11 is 6.22. The van der Waals surface area contributed by atoms with E-state index >= 15 is 0 Å². The summed E-state index contributed by atoms with van der Waals surface area (Å²) in [6, 6.07) is 10.4. The highest BCUT2D eigenvalue weighted by molar-refractivity contribution is 6.33. The lowest BCUT2D eigenvalue weighted by atomic mass is 10.0. The summed E-state index contributed by atoms with van der Waals surface area (Å²) in [5.41, 5.74) is 2.03. The van der Waals surface area contributed by atoms with Gasteiger partial charge in [0.05, 0.1) is 29.6 Å². The summed E-state index contributed by atoms with van der Waals surface area (Å²) in [4.78, 5) is 14.3. The van der Waals surface area contributed by atoms with Crippen molar-refractivity contribution in [1.82, 2.24) is 0 Å². The molecule has 1 aromatic heterocycles. The van der Waals surface area contributed by atoms with Crippen LogP contribution in [0.2, 0.25) is 5.02 Å². The van der Waals surface area contributed by atoms with Gasteiger partial charge in [0, 0.05) is 10.6 Å². The Morgan fingerprint density at radius 2 is 1.80 bits per heavy atom. The predicted molar refractivity (Wildman–Crippen MR) is 100 cm³/mol. The lowest BCUT2D eigenvalue weighted by Crippen LogP contribution is -3.10. The van der Waals surface area contributed by atoms with Crippen LogP contribution in [-0.2, 0) is 6.54 Å². The van der Waals surface area contributed by atoms with Crippen LogP contribution in [0, 0.1) is 0 Å². The molecule has 1 heterocycles. The Morgan fingerprint density at radius 3 is 2.48 bits per heavy atom. The van der Waals surface area contributed by atoms with Gasteiger partial charge in [-0.2, -0.15) is 0 Å². The molecule has 5 heteroatoms. The number of benzene rings is 2. The molecule has 0 aliphatic carbocycles. The van der Waals surface area contributed by atoms with Gasteiger partial charge in [-0.3, -0.25) is 4.79 Å². The van der Waals surface area contributed by atoms with Crippen molar-refractivity contribution in [1.29, 1.82) is 0 Å². The van der Waals surface area contributed by atoms with Crippen molar-refractivity contribution in [3.8, 4) is 16.9 Å². The Morgan fingerprint density at radius 1 is 1.08 bits per heavy atom. The smallest absolute Gasteiger partial charge is 0.200 e. The molecule has 0 radical (unpaired) electrons. The zero-order valence-electron chi connectivity index (χ0n) is 14.3. The molecule has 0 bridgehead atoms. The second-order valence-corrected chi connectivity index (χ2v) is 6.44. The van der Waals surface area contributed by atoms with E-state index in [2.05, 4.69) is 13.8 Å². The number of rotatable bonds is 5. The maximum absolute atomic E-state index is 13.0. The highest BCUT2D eigenvalue weighted by Crippen LogP contribution is 2.30. The van der Waals surface area contributed by atoms with E-state index in [1.165, 1.54) is 11.2 Å². The molecular formula is C20H21ClNO3+. The number of phenols is 1. The van der Waals surface area contributed by atoms with Crippen LogP contribution in [0.5, 0.6) is 5.75 Å². The third kappa shape index (κ3) is 3.28. The molecule has 0 aliphatic heterocycles. The Bertz CT molecular complexity index is 961. The number of fused-ring (bicyclic) bond motifs is 1. The van der Waals surface area contributed by atoms with E-state index in [1.807, 2.05) is 12.1 Å². The number of halogens is 1. The summed E-state index contributed by atoms with van der Waals surface area (Å²) in [6.45, 7) is 6.63. The molecule has 0 aliphatic rings. The molecule has 0 spiro atoms. The molecule has 0 saturated heterocycles. The lowest BCUT2D eigenvalue weighted by molar-refractivity contribution is -0.910. The molecule has 2 N–H and O–H groups in total. The van der Waals surface area contributed by atoms with Gasteiger partial charge in [-0.25, -0.2) is 0 Å². The minimum absolute atomic E-state index is 0.148. The van der Waals surface area contributed by atoms with Crippen molar-refractivity contribution >= 4 is 22.6 Å². The fourth-order valence-corrected chi connectivity index (χ4v) is 3.27. The summed E-state index contributed by atoms with van der Waals surface area (Å²) in [5.74, 6) is 0.153. The number of hydrogen-bond acceptors (Lipinski definition) is 3. The summed E-state index contributed by atoms with van der Waals surface area (Å²) < 4.78 is 5.80. The second-order valence-electron chi connectivity index (χ2n) is 6.03. The number of nitrogens with one attached hydrogen (secondary N) is 1. The van der Waals surface area contributed by atoms with Gasteiger partial charge < -0.3 is 14.4 Å². The topological polar surface area (TPSA) is 54.9 Å². The normalized spacial score (nSPS) is 11.4. The molecule has 0 unspecified atom stereocenters. The van der Waals surface area contributed by atoms with E-state index in [1.54, 1.807) is 24.3 Å². The fourth-order valence-electron chi connectivity index (χ4n) is 3.03. The van der Waals surface area contributed by atoms with Gasteiger partial charge in [-0.05, 0) is 32.0 Å². The maximum Gasteiger partial charge on any atom is 0.200 e. The van der Waals surface area contributed by atoms with Gasteiger partial charge in [-0.1, -0.05) is 29.8 Å². The number of hydrogen-bond donors (Lipinski definition) is 2. The molecule has 130 valence electrons. The van der Waals surface area contributed by atoms with Crippen LogP contribution in [0.4, 0.5) is 0 Å². The van der Waals surface area contributed by atoms with Crippen LogP contribution in [-0.4, -0.2) is 18.2 Å². The number of quaternary nitrogens is 1. The monoisotopic (exact) mass is 358 g/mol. The molecule has 4 nitrogen and oxygen atoms in total. The van der Waals surface area contributed by atoms with Crippen molar-refractivity contribution in [2.45, 2.75) is 20.4 Å². The van der Waals surface area contributed by atoms with E-state index in [4.69, 9.17) is 16.0 Å². The minimum atomic E-state index is -0.148. The van der Waals surface area contributed by atoms with Crippen molar-refractivity contribution in [2.24, 2.45) is 0 Å². The Kier molecular flexibility index (Phi) is 5.11. The predicted octanol–water partition coefficient (Wildman–Crippen LogP) is 3.24. The first-order chi connectivity index (χ1) is 12.1. The van der Waals surface area contributed by atoms with Gasteiger partial charge in [0.15, 0.2) is 0 Å². The van der Waals surface area contributed by atoms with Crippen LogP contribution >= 0.6 is 11.6 Å². The van der Waals surface area contributed by atoms with Crippen LogP contribution < -0.4 is 10.3 Å². The maximum atomic E-state index is 13.0. The third-order valence-electron chi connectivity index (χ3n) is 4.61. The largest absolute Gasteiger partial charge is 0.507 e. The summed E-state index contributed by atoms with van der Waals surface area (Å²) in [5, 5.41) is 11.2. The first-order valence-corrected chi connectivity index (χ1v) is 8.79.